The Hall–Kier alpha value is -0.970. The van der Waals surface area contributed by atoms with Gasteiger partial charge in [0.2, 0.25) is 0 Å². The van der Waals surface area contributed by atoms with Crippen molar-refractivity contribution in [1.82, 2.24) is 8.96 Å². The molecule has 0 N–H and O–H groups in total. The van der Waals surface area contributed by atoms with Crippen LogP contribution in [0.5, 0.6) is 0 Å². The minimum Gasteiger partial charge on any atom is -0.245 e. The number of aryl methyl sites for hydroxylation is 1. The number of rotatable bonds is 2. The van der Waals surface area contributed by atoms with Crippen molar-refractivity contribution in [3.05, 3.63) is 56.7 Å². The maximum absolute atomic E-state index is 11.6. The van der Waals surface area contributed by atoms with E-state index in [1.54, 1.807) is 25.3 Å². The lowest BCUT2D eigenvalue weighted by Gasteiger charge is -2.05. The van der Waals surface area contributed by atoms with Crippen LogP contribution < -0.4 is 5.69 Å². The summed E-state index contributed by atoms with van der Waals surface area (Å²) in [4.78, 5) is 16.3. The second-order valence-electron chi connectivity index (χ2n) is 3.33. The van der Waals surface area contributed by atoms with Gasteiger partial charge in [0.25, 0.3) is 0 Å². The van der Waals surface area contributed by atoms with E-state index in [2.05, 4.69) is 4.98 Å². The summed E-state index contributed by atoms with van der Waals surface area (Å²) in [5.41, 5.74) is 0.191. The van der Waals surface area contributed by atoms with E-state index in [1.807, 2.05) is 12.1 Å². The van der Waals surface area contributed by atoms with Crippen LogP contribution in [0.25, 0.3) is 0 Å². The van der Waals surface area contributed by atoms with Crippen molar-refractivity contribution in [2.75, 3.05) is 0 Å². The van der Waals surface area contributed by atoms with Crippen molar-refractivity contribution in [2.45, 2.75) is 11.8 Å². The molecule has 0 bridgehead atoms. The van der Waals surface area contributed by atoms with Crippen LogP contribution in [0.4, 0.5) is 0 Å². The van der Waals surface area contributed by atoms with Crippen LogP contribution in [0, 0.1) is 6.92 Å². The second-order valence-corrected chi connectivity index (χ2v) is 5.22. The first-order valence-electron chi connectivity index (χ1n) is 4.76. The summed E-state index contributed by atoms with van der Waals surface area (Å²) in [5, 5.41) is 1.12. The van der Waals surface area contributed by atoms with Gasteiger partial charge in [0, 0.05) is 16.1 Å². The van der Waals surface area contributed by atoms with Gasteiger partial charge in [-0.05, 0) is 43.1 Å². The largest absolute Gasteiger partial charge is 0.358 e. The summed E-state index contributed by atoms with van der Waals surface area (Å²) in [5.74, 6) is 0. The van der Waals surface area contributed by atoms with E-state index in [1.165, 1.54) is 15.9 Å². The summed E-state index contributed by atoms with van der Waals surface area (Å²) >= 11 is 12.9. The number of hydrogen-bond donors (Lipinski definition) is 0. The highest BCUT2D eigenvalue weighted by atomic mass is 35.5. The molecule has 0 saturated heterocycles. The molecule has 1 heterocycles. The van der Waals surface area contributed by atoms with Crippen LogP contribution in [0.1, 0.15) is 5.69 Å². The van der Waals surface area contributed by atoms with E-state index in [9.17, 15) is 4.79 Å². The zero-order valence-corrected chi connectivity index (χ0v) is 11.2. The van der Waals surface area contributed by atoms with Gasteiger partial charge in [-0.1, -0.05) is 23.2 Å². The summed E-state index contributed by atoms with van der Waals surface area (Å²) in [6.45, 7) is 1.70. The smallest absolute Gasteiger partial charge is 0.245 e. The van der Waals surface area contributed by atoms with Crippen molar-refractivity contribution in [3.8, 4) is 0 Å². The number of benzene rings is 1. The number of aromatic nitrogens is 2. The fourth-order valence-electron chi connectivity index (χ4n) is 1.17. The van der Waals surface area contributed by atoms with Crippen LogP contribution >= 0.6 is 35.1 Å². The van der Waals surface area contributed by atoms with Gasteiger partial charge in [0.15, 0.2) is 0 Å². The Morgan fingerprint density at radius 2 is 1.88 bits per heavy atom. The van der Waals surface area contributed by atoms with Crippen LogP contribution in [0.15, 0.2) is 40.2 Å². The molecule has 0 fully saturated rings. The number of hydrogen-bond acceptors (Lipinski definition) is 3. The SMILES string of the molecule is Cc1nc(=O)n(Sc2ccc(Cl)cc2)cc1Cl. The van der Waals surface area contributed by atoms with E-state index < -0.39 is 0 Å². The Morgan fingerprint density at radius 3 is 2.53 bits per heavy atom. The topological polar surface area (TPSA) is 34.9 Å². The Bertz CT molecular complexity index is 595. The molecule has 3 nitrogen and oxygen atoms in total. The van der Waals surface area contributed by atoms with Crippen molar-refractivity contribution in [2.24, 2.45) is 0 Å². The Balaban J connectivity index is 2.33. The summed E-state index contributed by atoms with van der Waals surface area (Å²) < 4.78 is 1.39. The molecule has 88 valence electrons. The molecule has 0 aliphatic rings. The molecule has 0 atom stereocenters. The molecule has 0 amide bonds. The maximum atomic E-state index is 11.6. The van der Waals surface area contributed by atoms with Gasteiger partial charge in [-0.3, -0.25) is 0 Å². The fourth-order valence-corrected chi connectivity index (χ4v) is 2.26. The molecule has 0 radical (unpaired) electrons. The average Bonchev–Trinajstić information content (AvgIpc) is 2.29. The van der Waals surface area contributed by atoms with Crippen molar-refractivity contribution < 1.29 is 0 Å². The minimum absolute atomic E-state index is 0.341. The maximum Gasteiger partial charge on any atom is 0.358 e. The Kier molecular flexibility index (Phi) is 3.76. The zero-order valence-electron chi connectivity index (χ0n) is 8.85. The Labute approximate surface area is 113 Å². The van der Waals surface area contributed by atoms with Gasteiger partial charge in [-0.15, -0.1) is 0 Å². The normalized spacial score (nSPS) is 10.5. The van der Waals surface area contributed by atoms with Gasteiger partial charge >= 0.3 is 5.69 Å². The molecule has 17 heavy (non-hydrogen) atoms. The molecular formula is C11H8Cl2N2OS. The van der Waals surface area contributed by atoms with Crippen LogP contribution in [-0.4, -0.2) is 8.96 Å². The second kappa shape index (κ2) is 5.12. The van der Waals surface area contributed by atoms with Gasteiger partial charge in [0.05, 0.1) is 10.7 Å². The zero-order chi connectivity index (χ0) is 12.4. The molecule has 0 spiro atoms. The fraction of sp³-hybridized carbons (Fsp3) is 0.0909. The van der Waals surface area contributed by atoms with E-state index in [4.69, 9.17) is 23.2 Å². The van der Waals surface area contributed by atoms with Gasteiger partial charge in [-0.25, -0.2) is 8.77 Å². The molecule has 1 aromatic heterocycles. The highest BCUT2D eigenvalue weighted by Crippen LogP contribution is 2.22. The number of nitrogens with zero attached hydrogens (tertiary/aromatic N) is 2. The van der Waals surface area contributed by atoms with E-state index >= 15 is 0 Å². The third-order valence-corrected chi connectivity index (χ3v) is 3.61. The first-order valence-corrected chi connectivity index (χ1v) is 6.29. The lowest BCUT2D eigenvalue weighted by Crippen LogP contribution is -2.18. The lowest BCUT2D eigenvalue weighted by molar-refractivity contribution is 0.981. The van der Waals surface area contributed by atoms with Crippen molar-refractivity contribution in [1.29, 1.82) is 0 Å². The molecule has 0 aliphatic heterocycles. The lowest BCUT2D eigenvalue weighted by atomic mass is 10.4. The highest BCUT2D eigenvalue weighted by Gasteiger charge is 2.04. The summed E-state index contributed by atoms with van der Waals surface area (Å²) in [6, 6.07) is 7.18. The molecule has 1 aromatic carbocycles. The molecule has 0 aliphatic carbocycles. The quantitative estimate of drug-likeness (QED) is 0.849. The van der Waals surface area contributed by atoms with Crippen LogP contribution in [-0.2, 0) is 0 Å². The van der Waals surface area contributed by atoms with Crippen LogP contribution in [0.3, 0.4) is 0 Å². The highest BCUT2D eigenvalue weighted by molar-refractivity contribution is 7.97. The standard InChI is InChI=1S/C11H8Cl2N2OS/c1-7-10(13)6-15(11(16)14-7)17-9-4-2-8(12)3-5-9/h2-6H,1H3. The van der Waals surface area contributed by atoms with Gasteiger partial charge in [-0.2, -0.15) is 4.98 Å². The van der Waals surface area contributed by atoms with Crippen molar-refractivity contribution >= 4 is 35.1 Å². The molecule has 0 saturated carbocycles. The molecule has 0 unspecified atom stereocenters. The van der Waals surface area contributed by atoms with E-state index in [-0.39, 0.29) is 5.69 Å². The molecule has 2 rings (SSSR count). The van der Waals surface area contributed by atoms with Crippen LogP contribution in [0.2, 0.25) is 10.0 Å². The minimum atomic E-state index is -0.341. The predicted molar refractivity (Wildman–Crippen MR) is 71.0 cm³/mol. The third-order valence-electron chi connectivity index (χ3n) is 2.05. The first-order chi connectivity index (χ1) is 8.06. The molecule has 2 aromatic rings. The van der Waals surface area contributed by atoms with E-state index in [0.29, 0.717) is 15.7 Å². The average molecular weight is 287 g/mol. The summed E-state index contributed by atoms with van der Waals surface area (Å²) in [6.07, 6.45) is 1.56. The third kappa shape index (κ3) is 3.03. The Morgan fingerprint density at radius 1 is 1.24 bits per heavy atom. The van der Waals surface area contributed by atoms with Gasteiger partial charge in [0.1, 0.15) is 0 Å². The van der Waals surface area contributed by atoms with Gasteiger partial charge < -0.3 is 0 Å². The molecular weight excluding hydrogens is 279 g/mol. The van der Waals surface area contributed by atoms with E-state index in [0.717, 1.165) is 4.90 Å². The predicted octanol–water partition coefficient (Wildman–Crippen LogP) is 3.41. The summed E-state index contributed by atoms with van der Waals surface area (Å²) in [7, 11) is 0. The molecule has 6 heteroatoms. The van der Waals surface area contributed by atoms with Crippen molar-refractivity contribution in [3.63, 3.8) is 0 Å². The monoisotopic (exact) mass is 286 g/mol. The first kappa shape index (κ1) is 12.5. The number of halogens is 2.